The van der Waals surface area contributed by atoms with Crippen LogP contribution in [-0.4, -0.2) is 48.5 Å². The number of hydrogen-bond acceptors (Lipinski definition) is 5. The van der Waals surface area contributed by atoms with E-state index in [-0.39, 0.29) is 30.5 Å². The largest absolute Gasteiger partial charge is 0.487 e. The Kier molecular flexibility index (Phi) is 8.46. The number of anilines is 2. The lowest BCUT2D eigenvalue weighted by Gasteiger charge is -2.37. The molecule has 3 aromatic carbocycles. The Morgan fingerprint density at radius 1 is 0.951 bits per heavy atom. The molecule has 0 saturated carbocycles. The molecule has 8 nitrogen and oxygen atoms in total. The van der Waals surface area contributed by atoms with Gasteiger partial charge >= 0.3 is 12.2 Å². The highest BCUT2D eigenvalue weighted by atomic mass is 19.4. The Balaban J connectivity index is 1.19. The van der Waals surface area contributed by atoms with Crippen LogP contribution in [0.15, 0.2) is 72.8 Å². The molecule has 2 heterocycles. The van der Waals surface area contributed by atoms with E-state index in [2.05, 4.69) is 16.0 Å². The molecule has 3 aromatic rings. The number of urea groups is 1. The van der Waals surface area contributed by atoms with Gasteiger partial charge in [-0.2, -0.15) is 13.2 Å². The van der Waals surface area contributed by atoms with Gasteiger partial charge in [0.15, 0.2) is 0 Å². The lowest BCUT2D eigenvalue weighted by atomic mass is 9.84. The summed E-state index contributed by atoms with van der Waals surface area (Å²) in [5, 5.41) is 18.1. The summed E-state index contributed by atoms with van der Waals surface area (Å²) in [5.74, 6) is 0.289. The highest BCUT2D eigenvalue weighted by Gasteiger charge is 2.46. The van der Waals surface area contributed by atoms with Crippen molar-refractivity contribution < 1.29 is 37.3 Å². The van der Waals surface area contributed by atoms with Gasteiger partial charge in [0.05, 0.1) is 24.7 Å². The van der Waals surface area contributed by atoms with Gasteiger partial charge in [-0.25, -0.2) is 4.79 Å². The Labute approximate surface area is 234 Å². The number of alkyl halides is 3. The van der Waals surface area contributed by atoms with Crippen molar-refractivity contribution in [2.75, 3.05) is 23.8 Å². The molecule has 1 saturated heterocycles. The second-order valence-corrected chi connectivity index (χ2v) is 10.1. The molecule has 0 aromatic heterocycles. The van der Waals surface area contributed by atoms with Crippen molar-refractivity contribution in [3.05, 3.63) is 89.5 Å². The first-order chi connectivity index (χ1) is 19.7. The van der Waals surface area contributed by atoms with Crippen LogP contribution >= 0.6 is 0 Å². The Bertz CT molecular complexity index is 1370. The molecule has 0 bridgehead atoms. The van der Waals surface area contributed by atoms with E-state index in [1.54, 1.807) is 18.2 Å². The Morgan fingerprint density at radius 2 is 1.66 bits per heavy atom. The summed E-state index contributed by atoms with van der Waals surface area (Å²) >= 11 is 0. The first kappa shape index (κ1) is 28.4. The topological polar surface area (TPSA) is 109 Å². The van der Waals surface area contributed by atoms with E-state index in [1.165, 1.54) is 12.1 Å². The van der Waals surface area contributed by atoms with Gasteiger partial charge in [-0.15, -0.1) is 0 Å². The van der Waals surface area contributed by atoms with Gasteiger partial charge < -0.3 is 30.5 Å². The van der Waals surface area contributed by atoms with Crippen molar-refractivity contribution in [2.45, 2.75) is 49.7 Å². The molecule has 5 rings (SSSR count). The van der Waals surface area contributed by atoms with Gasteiger partial charge in [0, 0.05) is 29.4 Å². The zero-order chi connectivity index (χ0) is 29.0. The number of rotatable bonds is 8. The molecular weight excluding hydrogens is 539 g/mol. The number of carbonyl (C=O) groups is 2. The maximum atomic E-state index is 12.8. The monoisotopic (exact) mass is 569 g/mol. The number of benzene rings is 3. The fourth-order valence-corrected chi connectivity index (χ4v) is 5.27. The minimum Gasteiger partial charge on any atom is -0.487 e. The van der Waals surface area contributed by atoms with Crippen LogP contribution in [0, 0.1) is 0 Å². The molecule has 0 aliphatic carbocycles. The second kappa shape index (κ2) is 12.2. The molecule has 1 fully saturated rings. The molecule has 41 heavy (non-hydrogen) atoms. The summed E-state index contributed by atoms with van der Waals surface area (Å²) in [7, 11) is 0. The predicted molar refractivity (Wildman–Crippen MR) is 146 cm³/mol. The fourth-order valence-electron chi connectivity index (χ4n) is 5.27. The lowest BCUT2D eigenvalue weighted by molar-refractivity contribution is -0.142. The Hall–Kier alpha value is -4.09. The van der Waals surface area contributed by atoms with Crippen LogP contribution in [-0.2, 0) is 22.1 Å². The number of amides is 3. The fraction of sp³-hybridized carbons (Fsp3) is 0.333. The highest BCUT2D eigenvalue weighted by molar-refractivity contribution is 5.99. The van der Waals surface area contributed by atoms with Crippen LogP contribution < -0.4 is 20.7 Å². The summed E-state index contributed by atoms with van der Waals surface area (Å²) in [4.78, 5) is 25.2. The number of hydrogen-bond donors (Lipinski definition) is 4. The van der Waals surface area contributed by atoms with Gasteiger partial charge in [0.25, 0.3) is 0 Å². The van der Waals surface area contributed by atoms with Crippen molar-refractivity contribution >= 4 is 23.3 Å². The van der Waals surface area contributed by atoms with Crippen molar-refractivity contribution in [3.63, 3.8) is 0 Å². The number of ether oxygens (including phenoxy) is 2. The van der Waals surface area contributed by atoms with Gasteiger partial charge in [0.1, 0.15) is 18.0 Å². The molecule has 0 radical (unpaired) electrons. The number of aliphatic hydroxyl groups excluding tert-OH is 1. The van der Waals surface area contributed by atoms with E-state index in [9.17, 15) is 27.9 Å². The number of fused-ring (bicyclic) bond motifs is 3. The number of aliphatic hydroxyl groups is 1. The highest BCUT2D eigenvalue weighted by Crippen LogP contribution is 2.47. The molecule has 4 atom stereocenters. The van der Waals surface area contributed by atoms with E-state index >= 15 is 0 Å². The van der Waals surface area contributed by atoms with Crippen LogP contribution in [0.25, 0.3) is 0 Å². The Morgan fingerprint density at radius 3 is 2.37 bits per heavy atom. The average molecular weight is 570 g/mol. The van der Waals surface area contributed by atoms with E-state index in [0.717, 1.165) is 23.3 Å². The smallest absolute Gasteiger partial charge is 0.416 e. The van der Waals surface area contributed by atoms with E-state index in [0.29, 0.717) is 30.8 Å². The van der Waals surface area contributed by atoms with Crippen LogP contribution in [0.3, 0.4) is 0 Å². The second-order valence-electron chi connectivity index (χ2n) is 10.1. The molecule has 0 spiro atoms. The molecule has 2 aliphatic rings. The number of halogens is 3. The average Bonchev–Trinajstić information content (AvgIpc) is 3.31. The number of carbonyl (C=O) groups excluding carboxylic acids is 2. The zero-order valence-corrected chi connectivity index (χ0v) is 22.0. The quantitative estimate of drug-likeness (QED) is 0.302. The maximum absolute atomic E-state index is 12.8. The SMILES string of the molecule is O=C(C[C@H]1C[C@@H]2c3cc(NC(=O)Nc4ccc(C(F)(F)F)cc4)ccc3O[C@@H]2[C@H](CO)O1)NCCc1ccccc1. The number of nitrogens with one attached hydrogen (secondary N) is 3. The van der Waals surface area contributed by atoms with Crippen molar-refractivity contribution in [2.24, 2.45) is 0 Å². The van der Waals surface area contributed by atoms with Crippen LogP contribution in [0.1, 0.15) is 35.4 Å². The third-order valence-corrected chi connectivity index (χ3v) is 7.22. The zero-order valence-electron chi connectivity index (χ0n) is 22.0. The summed E-state index contributed by atoms with van der Waals surface area (Å²) in [6.45, 7) is 0.225. The van der Waals surface area contributed by atoms with E-state index < -0.39 is 36.1 Å². The minimum atomic E-state index is -4.46. The van der Waals surface area contributed by atoms with Crippen LogP contribution in [0.5, 0.6) is 5.75 Å². The third kappa shape index (κ3) is 6.98. The normalized spacial score (nSPS) is 21.3. The molecule has 0 unspecified atom stereocenters. The standard InChI is InChI=1S/C30H30F3N3O5/c31-30(32,33)19-6-8-20(9-7-19)35-29(39)36-21-10-11-25-23(14-21)24-15-22(40-26(17-37)28(24)41-25)16-27(38)34-13-12-18-4-2-1-3-5-18/h1-11,14,22,24,26,28,37H,12-13,15-17H2,(H,34,38)(H2,35,36,39)/t22-,24-,26+,28+/m1/s1. The van der Waals surface area contributed by atoms with Gasteiger partial charge in [-0.05, 0) is 60.9 Å². The van der Waals surface area contributed by atoms with Gasteiger partial charge in [0.2, 0.25) is 5.91 Å². The maximum Gasteiger partial charge on any atom is 0.416 e. The summed E-state index contributed by atoms with van der Waals surface area (Å²) in [6, 6.07) is 18.5. The summed E-state index contributed by atoms with van der Waals surface area (Å²) in [6.07, 6.45) is -4.62. The van der Waals surface area contributed by atoms with E-state index in [4.69, 9.17) is 9.47 Å². The van der Waals surface area contributed by atoms with Crippen LogP contribution in [0.4, 0.5) is 29.3 Å². The van der Waals surface area contributed by atoms with Crippen molar-refractivity contribution in [3.8, 4) is 5.75 Å². The molecular formula is C30H30F3N3O5. The van der Waals surface area contributed by atoms with Gasteiger partial charge in [-0.1, -0.05) is 30.3 Å². The summed E-state index contributed by atoms with van der Waals surface area (Å²) in [5.41, 5.74) is 1.80. The molecule has 3 amide bonds. The predicted octanol–water partition coefficient (Wildman–Crippen LogP) is 5.09. The van der Waals surface area contributed by atoms with Crippen LogP contribution in [0.2, 0.25) is 0 Å². The lowest BCUT2D eigenvalue weighted by Crippen LogP contribution is -2.47. The van der Waals surface area contributed by atoms with E-state index in [1.807, 2.05) is 30.3 Å². The van der Waals surface area contributed by atoms with Gasteiger partial charge in [-0.3, -0.25) is 4.79 Å². The minimum absolute atomic E-state index is 0.136. The van der Waals surface area contributed by atoms with Crippen molar-refractivity contribution in [1.29, 1.82) is 0 Å². The molecule has 2 aliphatic heterocycles. The van der Waals surface area contributed by atoms with Crippen molar-refractivity contribution in [1.82, 2.24) is 5.32 Å². The molecule has 4 N–H and O–H groups in total. The molecule has 216 valence electrons. The third-order valence-electron chi connectivity index (χ3n) is 7.22. The summed E-state index contributed by atoms with van der Waals surface area (Å²) < 4.78 is 50.5. The first-order valence-corrected chi connectivity index (χ1v) is 13.3. The molecule has 11 heteroatoms. The first-order valence-electron chi connectivity index (χ1n) is 13.3.